The summed E-state index contributed by atoms with van der Waals surface area (Å²) >= 11 is 6.24. The minimum atomic E-state index is -4.00. The van der Waals surface area contributed by atoms with E-state index in [0.29, 0.717) is 10.7 Å². The number of hydrogen-bond acceptors (Lipinski definition) is 3. The maximum Gasteiger partial charge on any atom is 0.244 e. The van der Waals surface area contributed by atoms with Gasteiger partial charge in [0, 0.05) is 21.5 Å². The van der Waals surface area contributed by atoms with Crippen molar-refractivity contribution in [2.45, 2.75) is 56.8 Å². The highest BCUT2D eigenvalue weighted by atomic mass is 35.5. The van der Waals surface area contributed by atoms with Gasteiger partial charge in [-0.05, 0) is 47.9 Å². The largest absolute Gasteiger partial charge is 0.365 e. The Labute approximate surface area is 231 Å². The van der Waals surface area contributed by atoms with Crippen LogP contribution in [-0.2, 0) is 10.0 Å². The summed E-state index contributed by atoms with van der Waals surface area (Å²) in [4.78, 5) is 14.3. The summed E-state index contributed by atoms with van der Waals surface area (Å²) in [5.74, 6) is -0.179. The third kappa shape index (κ3) is 4.16. The first-order chi connectivity index (χ1) is 17.7. The Morgan fingerprint density at radius 2 is 1.53 bits per heavy atom. The fourth-order valence-electron chi connectivity index (χ4n) is 5.23. The van der Waals surface area contributed by atoms with E-state index in [1.165, 1.54) is 4.31 Å². The monoisotopic (exact) mass is 564 g/mol. The number of rotatable bonds is 4. The number of carbonyl (C=O) groups is 1. The molecule has 4 aromatic rings. The molecule has 0 radical (unpaired) electrons. The van der Waals surface area contributed by atoms with Crippen LogP contribution in [0.3, 0.4) is 0 Å². The summed E-state index contributed by atoms with van der Waals surface area (Å²) in [6.07, 6.45) is 0. The maximum absolute atomic E-state index is 14.2. The average Bonchev–Trinajstić information content (AvgIpc) is 3.21. The Hall–Kier alpha value is -2.71. The molecule has 0 fully saturated rings. The number of aromatic nitrogens is 1. The number of Topliss-reactive ketones (excluding diaryl/α,β-unsaturated/α-hetero) is 1. The van der Waals surface area contributed by atoms with Crippen LogP contribution in [0, 0.1) is 6.92 Å². The predicted molar refractivity (Wildman–Crippen MR) is 157 cm³/mol. The van der Waals surface area contributed by atoms with Crippen molar-refractivity contribution in [1.82, 2.24) is 8.54 Å². The summed E-state index contributed by atoms with van der Waals surface area (Å²) in [6.45, 7) is 12.9. The normalized spacial score (nSPS) is 17.1. The number of ketones is 1. The Bertz CT molecular complexity index is 1650. The molecule has 1 atom stereocenters. The highest BCUT2D eigenvalue weighted by Gasteiger charge is 2.48. The molecule has 0 amide bonds. The van der Waals surface area contributed by atoms with Crippen molar-refractivity contribution in [3.63, 3.8) is 0 Å². The summed E-state index contributed by atoms with van der Waals surface area (Å²) in [7, 11) is -6.29. The molecule has 0 saturated heterocycles. The van der Waals surface area contributed by atoms with Crippen molar-refractivity contribution >= 4 is 46.5 Å². The molecule has 0 N–H and O–H groups in total. The van der Waals surface area contributed by atoms with E-state index in [-0.39, 0.29) is 22.3 Å². The minimum absolute atomic E-state index is 0.0519. The Kier molecular flexibility index (Phi) is 6.50. The molecule has 3 aromatic carbocycles. The van der Waals surface area contributed by atoms with Crippen LogP contribution in [0.4, 0.5) is 0 Å². The van der Waals surface area contributed by atoms with Gasteiger partial charge in [-0.25, -0.2) is 8.42 Å². The van der Waals surface area contributed by atoms with Gasteiger partial charge in [0.1, 0.15) is 0 Å². The maximum atomic E-state index is 14.2. The van der Waals surface area contributed by atoms with Crippen LogP contribution in [0.1, 0.15) is 54.0 Å². The quantitative estimate of drug-likeness (QED) is 0.242. The Balaban J connectivity index is 1.86. The molecule has 1 aliphatic heterocycles. The fourth-order valence-corrected chi connectivity index (χ4v) is 9.17. The van der Waals surface area contributed by atoms with Gasteiger partial charge < -0.3 is 4.23 Å². The van der Waals surface area contributed by atoms with Crippen LogP contribution in [0.25, 0.3) is 10.9 Å². The third-order valence-electron chi connectivity index (χ3n) is 8.25. The van der Waals surface area contributed by atoms with Gasteiger partial charge in [-0.1, -0.05) is 93.5 Å². The Morgan fingerprint density at radius 3 is 2.13 bits per heavy atom. The molecular formula is C30H33ClN2O3SSi. The molecule has 2 heterocycles. The van der Waals surface area contributed by atoms with Crippen molar-refractivity contribution in [3.05, 3.63) is 100 Å². The first-order valence-electron chi connectivity index (χ1n) is 12.8. The zero-order valence-electron chi connectivity index (χ0n) is 22.6. The smallest absolute Gasteiger partial charge is 0.244 e. The number of aryl methyl sites for hydroxylation is 1. The summed E-state index contributed by atoms with van der Waals surface area (Å²) in [6, 6.07) is 21.4. The molecule has 38 heavy (non-hydrogen) atoms. The van der Waals surface area contributed by atoms with E-state index in [1.54, 1.807) is 36.4 Å². The minimum Gasteiger partial charge on any atom is -0.365 e. The molecule has 1 aromatic heterocycles. The molecule has 198 valence electrons. The van der Waals surface area contributed by atoms with E-state index >= 15 is 0 Å². The van der Waals surface area contributed by atoms with E-state index in [2.05, 4.69) is 44.2 Å². The number of sulfonamides is 1. The molecule has 1 aliphatic rings. The molecule has 5 rings (SSSR count). The van der Waals surface area contributed by atoms with Crippen LogP contribution in [0.2, 0.25) is 23.2 Å². The molecular weight excluding hydrogens is 532 g/mol. The standard InChI is InChI=1S/C30H33ClN2O3SSi/c1-20-11-17-23(18-12-20)37(35,36)32-19-26(34)29-27(28(32)21-13-15-22(31)16-14-21)24-9-7-8-10-25(24)33(29)38(5,6)30(2,3)4/h7-18,28H,19H2,1-6H3. The first-order valence-corrected chi connectivity index (χ1v) is 17.5. The predicted octanol–water partition coefficient (Wildman–Crippen LogP) is 7.43. The average molecular weight is 565 g/mol. The number of hydrogen-bond donors (Lipinski definition) is 0. The van der Waals surface area contributed by atoms with E-state index in [9.17, 15) is 13.2 Å². The SMILES string of the molecule is Cc1ccc(S(=O)(=O)N2CC(=O)c3c(c4ccccc4n3[Si](C)(C)C(C)(C)C)C2c2ccc(Cl)cc2)cc1. The molecule has 0 saturated carbocycles. The van der Waals surface area contributed by atoms with Gasteiger partial charge in [0.15, 0.2) is 14.0 Å². The van der Waals surface area contributed by atoms with Gasteiger partial charge in [-0.3, -0.25) is 4.79 Å². The number of benzene rings is 3. The van der Waals surface area contributed by atoms with Crippen LogP contribution in [-0.4, -0.2) is 37.5 Å². The second-order valence-corrected chi connectivity index (χ2v) is 19.1. The van der Waals surface area contributed by atoms with E-state index in [4.69, 9.17) is 11.6 Å². The van der Waals surface area contributed by atoms with Crippen molar-refractivity contribution in [2.75, 3.05) is 6.54 Å². The van der Waals surface area contributed by atoms with E-state index < -0.39 is 24.3 Å². The fraction of sp³-hybridized carbons (Fsp3) is 0.300. The zero-order chi connectivity index (χ0) is 27.6. The molecule has 1 unspecified atom stereocenters. The molecule has 0 bridgehead atoms. The van der Waals surface area contributed by atoms with E-state index in [1.807, 2.05) is 37.3 Å². The van der Waals surface area contributed by atoms with Crippen molar-refractivity contribution < 1.29 is 13.2 Å². The summed E-state index contributed by atoms with van der Waals surface area (Å²) in [5, 5.41) is 1.42. The summed E-state index contributed by atoms with van der Waals surface area (Å²) < 4.78 is 32.0. The zero-order valence-corrected chi connectivity index (χ0v) is 25.2. The highest BCUT2D eigenvalue weighted by molar-refractivity contribution is 7.89. The lowest BCUT2D eigenvalue weighted by molar-refractivity contribution is 0.0933. The molecule has 5 nitrogen and oxygen atoms in total. The number of fused-ring (bicyclic) bond motifs is 3. The van der Waals surface area contributed by atoms with Crippen molar-refractivity contribution in [1.29, 1.82) is 0 Å². The van der Waals surface area contributed by atoms with Crippen LogP contribution >= 0.6 is 11.6 Å². The van der Waals surface area contributed by atoms with E-state index in [0.717, 1.165) is 27.6 Å². The topological polar surface area (TPSA) is 59.4 Å². The van der Waals surface area contributed by atoms with Crippen LogP contribution in [0.15, 0.2) is 77.7 Å². The highest BCUT2D eigenvalue weighted by Crippen LogP contribution is 2.48. The van der Waals surface area contributed by atoms with Gasteiger partial charge >= 0.3 is 0 Å². The molecule has 0 spiro atoms. The van der Waals surface area contributed by atoms with Gasteiger partial charge in [0.25, 0.3) is 0 Å². The van der Waals surface area contributed by atoms with Gasteiger partial charge in [0.05, 0.1) is 23.2 Å². The van der Waals surface area contributed by atoms with Gasteiger partial charge in [-0.2, -0.15) is 4.31 Å². The summed E-state index contributed by atoms with van der Waals surface area (Å²) in [5.41, 5.74) is 4.10. The lowest BCUT2D eigenvalue weighted by Gasteiger charge is -2.41. The first kappa shape index (κ1) is 26.9. The van der Waals surface area contributed by atoms with Crippen LogP contribution in [0.5, 0.6) is 0 Å². The van der Waals surface area contributed by atoms with Gasteiger partial charge in [0.2, 0.25) is 10.0 Å². The second kappa shape index (κ2) is 9.19. The number of halogens is 1. The lowest BCUT2D eigenvalue weighted by Crippen LogP contribution is -2.49. The third-order valence-corrected chi connectivity index (χ3v) is 15.6. The number of carbonyl (C=O) groups excluding carboxylic acids is 1. The molecule has 0 aliphatic carbocycles. The Morgan fingerprint density at radius 1 is 0.921 bits per heavy atom. The lowest BCUT2D eigenvalue weighted by atomic mass is 9.92. The number of nitrogens with zero attached hydrogens (tertiary/aromatic N) is 2. The molecule has 8 heteroatoms. The van der Waals surface area contributed by atoms with Gasteiger partial charge in [-0.15, -0.1) is 0 Å². The van der Waals surface area contributed by atoms with Crippen molar-refractivity contribution in [3.8, 4) is 0 Å². The van der Waals surface area contributed by atoms with Crippen molar-refractivity contribution in [2.24, 2.45) is 0 Å². The van der Waals surface area contributed by atoms with Crippen LogP contribution < -0.4 is 0 Å². The number of para-hydroxylation sites is 1. The second-order valence-electron chi connectivity index (χ2n) is 11.7.